The molecular weight excluding hydrogens is 356 g/mol. The van der Waals surface area contributed by atoms with Crippen LogP contribution in [0.4, 0.5) is 0 Å². The third-order valence-electron chi connectivity index (χ3n) is 4.62. The second kappa shape index (κ2) is 7.37. The number of hydrogen-bond donors (Lipinski definition) is 1. The van der Waals surface area contributed by atoms with E-state index in [0.717, 1.165) is 38.9 Å². The summed E-state index contributed by atoms with van der Waals surface area (Å²) in [7, 11) is 1.64. The number of methoxy groups -OCH3 is 1. The number of aryl methyl sites for hydroxylation is 1. The summed E-state index contributed by atoms with van der Waals surface area (Å²) < 4.78 is 5.27. The van der Waals surface area contributed by atoms with Gasteiger partial charge in [-0.25, -0.2) is 4.98 Å². The molecule has 2 aromatic carbocycles. The Morgan fingerprint density at radius 2 is 1.81 bits per heavy atom. The van der Waals surface area contributed by atoms with Crippen LogP contribution in [0.2, 0.25) is 0 Å². The van der Waals surface area contributed by atoms with Crippen LogP contribution in [0.15, 0.2) is 54.6 Å². The van der Waals surface area contributed by atoms with Crippen LogP contribution >= 0.6 is 11.3 Å². The van der Waals surface area contributed by atoms with Crippen molar-refractivity contribution in [1.29, 1.82) is 0 Å². The molecule has 5 heteroatoms. The average Bonchev–Trinajstić information content (AvgIpc) is 3.13. The Kier molecular flexibility index (Phi) is 4.77. The van der Waals surface area contributed by atoms with Gasteiger partial charge in [0.05, 0.1) is 17.5 Å². The van der Waals surface area contributed by atoms with Gasteiger partial charge in [0.1, 0.15) is 10.6 Å². The van der Waals surface area contributed by atoms with E-state index in [0.29, 0.717) is 11.4 Å². The molecule has 2 aromatic heterocycles. The summed E-state index contributed by atoms with van der Waals surface area (Å²) in [5.74, 6) is 0.706. The fraction of sp³-hybridized carbons (Fsp3) is 0.182. The molecule has 0 fully saturated rings. The van der Waals surface area contributed by atoms with E-state index in [-0.39, 0.29) is 5.91 Å². The maximum Gasteiger partial charge on any atom is 0.261 e. The maximum absolute atomic E-state index is 12.6. The molecule has 0 atom stereocenters. The Bertz CT molecular complexity index is 1120. The number of benzene rings is 2. The summed E-state index contributed by atoms with van der Waals surface area (Å²) in [4.78, 5) is 18.8. The lowest BCUT2D eigenvalue weighted by atomic mass is 10.1. The van der Waals surface area contributed by atoms with Crippen molar-refractivity contribution in [3.05, 3.63) is 70.6 Å². The molecular formula is C22H20N2O2S. The van der Waals surface area contributed by atoms with Gasteiger partial charge in [-0.05, 0) is 41.8 Å². The number of fused-ring (bicyclic) bond motifs is 2. The molecule has 0 aliphatic heterocycles. The van der Waals surface area contributed by atoms with Gasteiger partial charge in [-0.1, -0.05) is 31.2 Å². The Morgan fingerprint density at radius 1 is 1.04 bits per heavy atom. The second-order valence-electron chi connectivity index (χ2n) is 6.40. The van der Waals surface area contributed by atoms with E-state index in [4.69, 9.17) is 4.74 Å². The SMILES string of the molecule is CCc1ccc(CNC(=O)c2cc3cc4ccc(OC)cc4nc3s2)cc1. The number of carbonyl (C=O) groups excluding carboxylic acids is 1. The number of nitrogens with one attached hydrogen (secondary N) is 1. The highest BCUT2D eigenvalue weighted by atomic mass is 32.1. The minimum Gasteiger partial charge on any atom is -0.497 e. The summed E-state index contributed by atoms with van der Waals surface area (Å²) in [6, 6.07) is 18.1. The zero-order valence-electron chi connectivity index (χ0n) is 15.3. The molecule has 4 aromatic rings. The van der Waals surface area contributed by atoms with Crippen LogP contribution in [0, 0.1) is 0 Å². The van der Waals surface area contributed by atoms with Gasteiger partial charge in [-0.3, -0.25) is 4.79 Å². The van der Waals surface area contributed by atoms with Crippen molar-refractivity contribution in [3.63, 3.8) is 0 Å². The molecule has 0 spiro atoms. The number of carbonyl (C=O) groups is 1. The van der Waals surface area contributed by atoms with Crippen LogP contribution < -0.4 is 10.1 Å². The van der Waals surface area contributed by atoms with Crippen molar-refractivity contribution in [3.8, 4) is 5.75 Å². The molecule has 0 radical (unpaired) electrons. The summed E-state index contributed by atoms with van der Waals surface area (Å²) in [5.41, 5.74) is 3.26. The minimum absolute atomic E-state index is 0.0702. The van der Waals surface area contributed by atoms with Crippen LogP contribution in [0.25, 0.3) is 21.1 Å². The monoisotopic (exact) mass is 376 g/mol. The van der Waals surface area contributed by atoms with Crippen molar-refractivity contribution in [2.24, 2.45) is 0 Å². The smallest absolute Gasteiger partial charge is 0.261 e. The minimum atomic E-state index is -0.0702. The van der Waals surface area contributed by atoms with E-state index >= 15 is 0 Å². The molecule has 0 saturated carbocycles. The summed E-state index contributed by atoms with van der Waals surface area (Å²) in [6.45, 7) is 2.65. The van der Waals surface area contributed by atoms with Crippen molar-refractivity contribution < 1.29 is 9.53 Å². The number of aromatic nitrogens is 1. The number of nitrogens with zero attached hydrogens (tertiary/aromatic N) is 1. The Hall–Kier alpha value is -2.92. The lowest BCUT2D eigenvalue weighted by Crippen LogP contribution is -2.21. The fourth-order valence-corrected chi connectivity index (χ4v) is 3.95. The standard InChI is InChI=1S/C22H20N2O2S/c1-3-14-4-6-15(7-5-14)13-23-21(25)20-11-17-10-16-8-9-18(26-2)12-19(16)24-22(17)27-20/h4-12H,3,13H2,1-2H3,(H,23,25). The van der Waals surface area contributed by atoms with Gasteiger partial charge in [0, 0.05) is 23.4 Å². The Balaban J connectivity index is 1.55. The molecule has 0 saturated heterocycles. The lowest BCUT2D eigenvalue weighted by molar-refractivity contribution is 0.0955. The van der Waals surface area contributed by atoms with Gasteiger partial charge in [0.15, 0.2) is 0 Å². The van der Waals surface area contributed by atoms with E-state index in [9.17, 15) is 4.79 Å². The van der Waals surface area contributed by atoms with Crippen LogP contribution in [0.3, 0.4) is 0 Å². The number of hydrogen-bond acceptors (Lipinski definition) is 4. The molecule has 0 aliphatic rings. The normalized spacial score (nSPS) is 11.0. The molecule has 2 heterocycles. The van der Waals surface area contributed by atoms with Gasteiger partial charge in [-0.15, -0.1) is 11.3 Å². The van der Waals surface area contributed by atoms with Gasteiger partial charge in [0.2, 0.25) is 0 Å². The summed E-state index contributed by atoms with van der Waals surface area (Å²) in [6.07, 6.45) is 1.02. The first-order chi connectivity index (χ1) is 13.2. The molecule has 1 N–H and O–H groups in total. The zero-order valence-corrected chi connectivity index (χ0v) is 16.1. The number of ether oxygens (including phenoxy) is 1. The first kappa shape index (κ1) is 17.5. The van der Waals surface area contributed by atoms with Crippen molar-refractivity contribution in [1.82, 2.24) is 10.3 Å². The highest BCUT2D eigenvalue weighted by Gasteiger charge is 2.12. The molecule has 4 rings (SSSR count). The topological polar surface area (TPSA) is 51.2 Å². The van der Waals surface area contributed by atoms with Crippen LogP contribution in [-0.2, 0) is 13.0 Å². The molecule has 136 valence electrons. The number of pyridine rings is 1. The molecule has 0 bridgehead atoms. The predicted molar refractivity (Wildman–Crippen MR) is 111 cm³/mol. The van der Waals surface area contributed by atoms with E-state index in [2.05, 4.69) is 47.6 Å². The maximum atomic E-state index is 12.6. The van der Waals surface area contributed by atoms with E-state index in [1.807, 2.05) is 24.3 Å². The predicted octanol–water partition coefficient (Wildman–Crippen LogP) is 4.95. The summed E-state index contributed by atoms with van der Waals surface area (Å²) >= 11 is 1.41. The van der Waals surface area contributed by atoms with Gasteiger partial charge >= 0.3 is 0 Å². The molecule has 1 amide bonds. The van der Waals surface area contributed by atoms with E-state index in [1.165, 1.54) is 16.9 Å². The number of rotatable bonds is 5. The molecule has 27 heavy (non-hydrogen) atoms. The van der Waals surface area contributed by atoms with Crippen molar-refractivity contribution >= 4 is 38.4 Å². The second-order valence-corrected chi connectivity index (χ2v) is 7.44. The van der Waals surface area contributed by atoms with Crippen molar-refractivity contribution in [2.45, 2.75) is 19.9 Å². The average molecular weight is 376 g/mol. The molecule has 0 unspecified atom stereocenters. The van der Waals surface area contributed by atoms with Crippen LogP contribution in [0.1, 0.15) is 27.7 Å². The van der Waals surface area contributed by atoms with Gasteiger partial charge in [-0.2, -0.15) is 0 Å². The lowest BCUT2D eigenvalue weighted by Gasteiger charge is -2.04. The quantitative estimate of drug-likeness (QED) is 0.536. The largest absolute Gasteiger partial charge is 0.497 e. The fourth-order valence-electron chi connectivity index (χ4n) is 3.01. The van der Waals surface area contributed by atoms with E-state index < -0.39 is 0 Å². The Morgan fingerprint density at radius 3 is 2.56 bits per heavy atom. The number of thiophene rings is 1. The van der Waals surface area contributed by atoms with Crippen molar-refractivity contribution in [2.75, 3.05) is 7.11 Å². The number of amides is 1. The first-order valence-electron chi connectivity index (χ1n) is 8.90. The van der Waals surface area contributed by atoms with Gasteiger partial charge < -0.3 is 10.1 Å². The van der Waals surface area contributed by atoms with Crippen LogP contribution in [-0.4, -0.2) is 18.0 Å². The highest BCUT2D eigenvalue weighted by Crippen LogP contribution is 2.29. The first-order valence-corrected chi connectivity index (χ1v) is 9.72. The highest BCUT2D eigenvalue weighted by molar-refractivity contribution is 7.20. The zero-order chi connectivity index (χ0) is 18.8. The molecule has 4 nitrogen and oxygen atoms in total. The Labute approximate surface area is 161 Å². The van der Waals surface area contributed by atoms with E-state index in [1.54, 1.807) is 7.11 Å². The molecule has 0 aliphatic carbocycles. The van der Waals surface area contributed by atoms with Crippen LogP contribution in [0.5, 0.6) is 5.75 Å². The van der Waals surface area contributed by atoms with Gasteiger partial charge in [0.25, 0.3) is 5.91 Å². The third-order valence-corrected chi connectivity index (χ3v) is 5.66. The third kappa shape index (κ3) is 3.64. The summed E-state index contributed by atoms with van der Waals surface area (Å²) in [5, 5.41) is 5.01.